The first kappa shape index (κ1) is 34.4. The molecule has 0 radical (unpaired) electrons. The number of carbonyl (C=O) groups is 4. The first-order chi connectivity index (χ1) is 23.1. The molecule has 1 saturated heterocycles. The van der Waals surface area contributed by atoms with Crippen molar-refractivity contribution in [3.8, 4) is 11.1 Å². The Balaban J connectivity index is 1.08. The molecule has 3 aromatic rings. The third kappa shape index (κ3) is 8.92. The van der Waals surface area contributed by atoms with E-state index in [2.05, 4.69) is 22.8 Å². The minimum Gasteiger partial charge on any atom is -0.481 e. The second-order valence-corrected chi connectivity index (χ2v) is 12.8. The Morgan fingerprint density at radius 3 is 2.10 bits per heavy atom. The van der Waals surface area contributed by atoms with Crippen molar-refractivity contribution in [2.45, 2.75) is 50.7 Å². The molecule has 3 amide bonds. The van der Waals surface area contributed by atoms with Crippen molar-refractivity contribution in [2.24, 2.45) is 0 Å². The molecule has 1 fully saturated rings. The number of urea groups is 1. The zero-order valence-corrected chi connectivity index (χ0v) is 27.5. The Morgan fingerprint density at radius 2 is 1.48 bits per heavy atom. The van der Waals surface area contributed by atoms with Gasteiger partial charge in [0.05, 0.1) is 6.54 Å². The molecule has 1 aliphatic carbocycles. The van der Waals surface area contributed by atoms with Crippen molar-refractivity contribution in [3.05, 3.63) is 95.6 Å². The summed E-state index contributed by atoms with van der Waals surface area (Å²) in [6.45, 7) is 5.97. The van der Waals surface area contributed by atoms with E-state index in [-0.39, 0.29) is 44.0 Å². The number of fused-ring (bicyclic) bond motifs is 3. The number of ether oxygens (including phenoxy) is 2. The lowest BCUT2D eigenvalue weighted by molar-refractivity contribution is -0.159. The molecule has 0 bridgehead atoms. The highest BCUT2D eigenvalue weighted by molar-refractivity contribution is 5.79. The van der Waals surface area contributed by atoms with E-state index in [9.17, 15) is 19.2 Å². The van der Waals surface area contributed by atoms with Gasteiger partial charge in [-0.2, -0.15) is 0 Å². The second kappa shape index (κ2) is 15.8. The fourth-order valence-electron chi connectivity index (χ4n) is 6.36. The Hall–Kier alpha value is -4.90. The molecular formula is C37H44N4O7. The summed E-state index contributed by atoms with van der Waals surface area (Å²) >= 11 is 0. The fourth-order valence-corrected chi connectivity index (χ4v) is 6.36. The molecule has 1 heterocycles. The average molecular weight is 657 g/mol. The Kier molecular flexibility index (Phi) is 11.3. The van der Waals surface area contributed by atoms with Crippen LogP contribution in [0, 0.1) is 0 Å². The van der Waals surface area contributed by atoms with Crippen molar-refractivity contribution in [1.29, 1.82) is 0 Å². The summed E-state index contributed by atoms with van der Waals surface area (Å²) in [4.78, 5) is 53.5. The van der Waals surface area contributed by atoms with Gasteiger partial charge in [-0.15, -0.1) is 0 Å². The van der Waals surface area contributed by atoms with E-state index in [4.69, 9.17) is 14.6 Å². The summed E-state index contributed by atoms with van der Waals surface area (Å²) in [5, 5.41) is 14.8. The standard InChI is InChI=1S/C37H44N4O7/c1-37(2,26-11-4-3-5-12-26)48-34(44)24-40-19-21-41(22-20-40)35(45)38-23-27(13-10-18-33(42)43)39-36(46)47-25-32-30-16-8-6-14-28(30)29-15-7-9-17-31(29)32/h3-9,11-12,14-17,27,32H,10,13,18-25H2,1-2H3,(H,38,45)(H,39,46)(H,42,43)/t27-/m0/s1. The van der Waals surface area contributed by atoms with Gasteiger partial charge in [-0.25, -0.2) is 9.59 Å². The molecule has 0 aromatic heterocycles. The number of esters is 1. The van der Waals surface area contributed by atoms with E-state index in [1.807, 2.05) is 85.5 Å². The van der Waals surface area contributed by atoms with Gasteiger partial charge in [0.25, 0.3) is 0 Å². The van der Waals surface area contributed by atoms with Crippen LogP contribution in [0.3, 0.4) is 0 Å². The van der Waals surface area contributed by atoms with Crippen LogP contribution in [0.5, 0.6) is 0 Å². The molecule has 1 aliphatic heterocycles. The van der Waals surface area contributed by atoms with Crippen LogP contribution in [-0.2, 0) is 24.7 Å². The number of hydrogen-bond donors (Lipinski definition) is 3. The zero-order valence-electron chi connectivity index (χ0n) is 27.5. The first-order valence-electron chi connectivity index (χ1n) is 16.5. The van der Waals surface area contributed by atoms with E-state index in [1.165, 1.54) is 0 Å². The van der Waals surface area contributed by atoms with Crippen molar-refractivity contribution >= 4 is 24.1 Å². The minimum atomic E-state index is -0.927. The van der Waals surface area contributed by atoms with Gasteiger partial charge < -0.3 is 30.1 Å². The minimum absolute atomic E-state index is 0.0518. The van der Waals surface area contributed by atoms with E-state index in [0.717, 1.165) is 27.8 Å². The summed E-state index contributed by atoms with van der Waals surface area (Å²) in [6.07, 6.45) is 0.00728. The van der Waals surface area contributed by atoms with Crippen LogP contribution in [0.4, 0.5) is 9.59 Å². The van der Waals surface area contributed by atoms with Crippen molar-refractivity contribution in [2.75, 3.05) is 45.9 Å². The highest BCUT2D eigenvalue weighted by Crippen LogP contribution is 2.44. The molecule has 0 unspecified atom stereocenters. The van der Waals surface area contributed by atoms with Crippen molar-refractivity contribution in [3.63, 3.8) is 0 Å². The van der Waals surface area contributed by atoms with Gasteiger partial charge in [-0.1, -0.05) is 78.9 Å². The van der Waals surface area contributed by atoms with Gasteiger partial charge in [-0.3, -0.25) is 14.5 Å². The lowest BCUT2D eigenvalue weighted by Crippen LogP contribution is -2.54. The van der Waals surface area contributed by atoms with Crippen molar-refractivity contribution in [1.82, 2.24) is 20.4 Å². The highest BCUT2D eigenvalue weighted by Gasteiger charge is 2.30. The second-order valence-electron chi connectivity index (χ2n) is 12.8. The van der Waals surface area contributed by atoms with Crippen LogP contribution in [-0.4, -0.2) is 90.9 Å². The molecule has 3 N–H and O–H groups in total. The number of carboxylic acids is 1. The van der Waals surface area contributed by atoms with Crippen LogP contribution in [0.2, 0.25) is 0 Å². The molecule has 5 rings (SSSR count). The summed E-state index contributed by atoms with van der Waals surface area (Å²) in [6, 6.07) is 24.9. The van der Waals surface area contributed by atoms with Gasteiger partial charge in [0.2, 0.25) is 0 Å². The number of rotatable bonds is 13. The summed E-state index contributed by atoms with van der Waals surface area (Å²) < 4.78 is 11.5. The van der Waals surface area contributed by atoms with Gasteiger partial charge in [0.1, 0.15) is 12.2 Å². The number of aliphatic carboxylic acids is 1. The topological polar surface area (TPSA) is 138 Å². The molecule has 11 heteroatoms. The summed E-state index contributed by atoms with van der Waals surface area (Å²) in [7, 11) is 0. The van der Waals surface area contributed by atoms with E-state index < -0.39 is 23.7 Å². The monoisotopic (exact) mass is 656 g/mol. The number of carboxylic acid groups (broad SMARTS) is 1. The maximum Gasteiger partial charge on any atom is 0.407 e. The number of nitrogens with zero attached hydrogens (tertiary/aromatic N) is 2. The third-order valence-corrected chi connectivity index (χ3v) is 8.96. The molecule has 3 aromatic carbocycles. The number of amides is 3. The van der Waals surface area contributed by atoms with Crippen LogP contribution >= 0.6 is 0 Å². The van der Waals surface area contributed by atoms with Gasteiger partial charge in [0.15, 0.2) is 0 Å². The highest BCUT2D eigenvalue weighted by atomic mass is 16.6. The fraction of sp³-hybridized carbons (Fsp3) is 0.405. The maximum atomic E-state index is 13.0. The molecule has 1 atom stereocenters. The maximum absolute atomic E-state index is 13.0. The number of alkyl carbamates (subject to hydrolysis) is 1. The van der Waals surface area contributed by atoms with E-state index >= 15 is 0 Å². The molecule has 0 saturated carbocycles. The number of hydrogen-bond acceptors (Lipinski definition) is 7. The quantitative estimate of drug-likeness (QED) is 0.220. The molecule has 0 spiro atoms. The Morgan fingerprint density at radius 1 is 0.875 bits per heavy atom. The summed E-state index contributed by atoms with van der Waals surface area (Å²) in [5.41, 5.74) is 4.62. The predicted molar refractivity (Wildman–Crippen MR) is 180 cm³/mol. The smallest absolute Gasteiger partial charge is 0.407 e. The molecule has 48 heavy (non-hydrogen) atoms. The van der Waals surface area contributed by atoms with Crippen LogP contribution in [0.15, 0.2) is 78.9 Å². The third-order valence-electron chi connectivity index (χ3n) is 8.96. The van der Waals surface area contributed by atoms with Crippen LogP contribution < -0.4 is 10.6 Å². The van der Waals surface area contributed by atoms with E-state index in [0.29, 0.717) is 39.0 Å². The number of nitrogens with one attached hydrogen (secondary N) is 2. The van der Waals surface area contributed by atoms with Crippen molar-refractivity contribution < 1.29 is 33.8 Å². The Labute approximate surface area is 281 Å². The average Bonchev–Trinajstić information content (AvgIpc) is 3.40. The normalized spacial score (nSPS) is 15.2. The molecule has 254 valence electrons. The molecular weight excluding hydrogens is 612 g/mol. The number of piperazine rings is 1. The zero-order chi connectivity index (χ0) is 34.1. The Bertz CT molecular complexity index is 1540. The number of benzene rings is 3. The lowest BCUT2D eigenvalue weighted by atomic mass is 9.98. The summed E-state index contributed by atoms with van der Waals surface area (Å²) in [5.74, 6) is -1.35. The SMILES string of the molecule is CC(C)(OC(=O)CN1CCN(C(=O)NC[C@H](CCCC(=O)O)NC(=O)OCC2c3ccccc3-c3ccccc32)CC1)c1ccccc1. The number of carbonyl (C=O) groups excluding carboxylic acids is 3. The largest absolute Gasteiger partial charge is 0.481 e. The molecule has 2 aliphatic rings. The van der Waals surface area contributed by atoms with Gasteiger partial charge >= 0.3 is 24.1 Å². The van der Waals surface area contributed by atoms with E-state index in [1.54, 1.807) is 4.90 Å². The van der Waals surface area contributed by atoms with Gasteiger partial charge in [0, 0.05) is 51.1 Å². The first-order valence-corrected chi connectivity index (χ1v) is 16.5. The lowest BCUT2D eigenvalue weighted by Gasteiger charge is -2.35. The van der Waals surface area contributed by atoms with Gasteiger partial charge in [-0.05, 0) is 54.5 Å². The molecule has 11 nitrogen and oxygen atoms in total. The van der Waals surface area contributed by atoms with Crippen LogP contribution in [0.25, 0.3) is 11.1 Å². The van der Waals surface area contributed by atoms with Crippen LogP contribution in [0.1, 0.15) is 55.7 Å². The predicted octanol–water partition coefficient (Wildman–Crippen LogP) is 4.95.